The summed E-state index contributed by atoms with van der Waals surface area (Å²) in [4.78, 5) is 0. The molecule has 0 aromatic heterocycles. The molecule has 9 heavy (non-hydrogen) atoms. The van der Waals surface area contributed by atoms with Gasteiger partial charge < -0.3 is 71.0 Å². The molecule has 40 valence electrons. The first kappa shape index (κ1) is 72.0. The fraction of sp³-hybridized carbons (Fsp3) is 0. The van der Waals surface area contributed by atoms with E-state index in [1.807, 2.05) is 0 Å². The number of rotatable bonds is 0. The largest absolute Gasteiger partial charge is 3.00 e. The van der Waals surface area contributed by atoms with Gasteiger partial charge in [0.2, 0.25) is 0 Å². The molecule has 0 heterocycles. The molecule has 0 saturated heterocycles. The molecule has 0 fully saturated rings. The van der Waals surface area contributed by atoms with Crippen LogP contribution in [0.1, 0.15) is 0 Å². The molecule has 0 saturated carbocycles. The summed E-state index contributed by atoms with van der Waals surface area (Å²) in [6.07, 6.45) is 0. The smallest absolute Gasteiger partial charge is 2.00 e. The minimum Gasteiger partial charge on any atom is -2.00 e. The van der Waals surface area contributed by atoms with Crippen LogP contribution in [-0.4, -0.2) is 166 Å². The van der Waals surface area contributed by atoms with Gasteiger partial charge in [-0.2, -0.15) is 0 Å². The van der Waals surface area contributed by atoms with Crippen LogP contribution in [0.3, 0.4) is 0 Å². The van der Waals surface area contributed by atoms with Crippen LogP contribution in [0.15, 0.2) is 0 Å². The van der Waals surface area contributed by atoms with E-state index < -0.39 is 0 Å². The first-order valence-corrected chi connectivity index (χ1v) is 0. The molecular formula is Ba3BrGaS4. The van der Waals surface area contributed by atoms with Gasteiger partial charge in [-0.3, -0.25) is 0 Å². The molecule has 0 aromatic carbocycles. The van der Waals surface area contributed by atoms with Gasteiger partial charge in [-0.05, 0) is 0 Å². The zero-order chi connectivity index (χ0) is 0. The summed E-state index contributed by atoms with van der Waals surface area (Å²) < 4.78 is 0. The van der Waals surface area contributed by atoms with Gasteiger partial charge in [-0.25, -0.2) is 0 Å². The molecule has 9 heteroatoms. The summed E-state index contributed by atoms with van der Waals surface area (Å²) in [6.45, 7) is 0. The summed E-state index contributed by atoms with van der Waals surface area (Å²) in [5, 5.41) is 0. The first-order chi connectivity index (χ1) is 0. The van der Waals surface area contributed by atoms with Crippen molar-refractivity contribution in [3.8, 4) is 0 Å². The Morgan fingerprint density at radius 3 is 0.444 bits per heavy atom. The topological polar surface area (TPSA) is 0 Å². The van der Waals surface area contributed by atoms with Crippen LogP contribution in [0.5, 0.6) is 0 Å². The van der Waals surface area contributed by atoms with Crippen molar-refractivity contribution in [2.24, 2.45) is 0 Å². The van der Waals surface area contributed by atoms with Crippen LogP contribution in [-0.2, 0) is 54.0 Å². The van der Waals surface area contributed by atoms with Crippen LogP contribution < -0.4 is 17.0 Å². The van der Waals surface area contributed by atoms with Gasteiger partial charge in [-0.1, -0.05) is 0 Å². The fourth-order valence-corrected chi connectivity index (χ4v) is 0. The van der Waals surface area contributed by atoms with Gasteiger partial charge in [0.15, 0.2) is 0 Å². The molecule has 0 bridgehead atoms. The van der Waals surface area contributed by atoms with E-state index in [0.717, 1.165) is 0 Å². The van der Waals surface area contributed by atoms with Gasteiger partial charge in [0.1, 0.15) is 0 Å². The van der Waals surface area contributed by atoms with E-state index in [9.17, 15) is 0 Å². The van der Waals surface area contributed by atoms with Gasteiger partial charge in [0.05, 0.1) is 0 Å². The average molecular weight is 690 g/mol. The summed E-state index contributed by atoms with van der Waals surface area (Å²) in [6, 6.07) is 0. The quantitative estimate of drug-likeness (QED) is 0.225. The predicted octanol–water partition coefficient (Wildman–Crippen LogP) is -4.53. The molecule has 0 unspecified atom stereocenters. The van der Waals surface area contributed by atoms with Crippen LogP contribution in [0.2, 0.25) is 0 Å². The Labute approximate surface area is 230 Å². The Kier molecular flexibility index (Phi) is 472. The normalized spacial score (nSPS) is 0. The van der Waals surface area contributed by atoms with Crippen LogP contribution in [0, 0.1) is 0 Å². The molecule has 0 amide bonds. The zero-order valence-electron chi connectivity index (χ0n) is 4.71. The predicted molar refractivity (Wildman–Crippen MR) is 52.5 cm³/mol. The van der Waals surface area contributed by atoms with Gasteiger partial charge in [-0.15, -0.1) is 0 Å². The van der Waals surface area contributed by atoms with Crippen molar-refractivity contribution in [1.82, 2.24) is 0 Å². The fourth-order valence-electron chi connectivity index (χ4n) is 0. The van der Waals surface area contributed by atoms with Crippen LogP contribution in [0.4, 0.5) is 0 Å². The minimum absolute atomic E-state index is 0. The summed E-state index contributed by atoms with van der Waals surface area (Å²) in [5.41, 5.74) is 0. The van der Waals surface area contributed by atoms with Crippen LogP contribution >= 0.6 is 0 Å². The summed E-state index contributed by atoms with van der Waals surface area (Å²) >= 11 is 0. The van der Waals surface area contributed by atoms with Crippen molar-refractivity contribution in [2.75, 3.05) is 0 Å². The van der Waals surface area contributed by atoms with E-state index in [-0.39, 0.29) is 237 Å². The molecule has 0 aliphatic rings. The first-order valence-electron chi connectivity index (χ1n) is 0. The molecule has 0 radical (unpaired) electrons. The number of halogens is 1. The zero-order valence-corrected chi connectivity index (χ0v) is 25.3. The van der Waals surface area contributed by atoms with E-state index >= 15 is 0 Å². The van der Waals surface area contributed by atoms with Crippen LogP contribution in [0.25, 0.3) is 0 Å². The third-order valence-corrected chi connectivity index (χ3v) is 0. The standard InChI is InChI=1S/3Ba.BrH.Ga.4S/h;;;1H;;;;;/q3*+2;;+3;4*-2/p-1. The number of hydrogen-bond donors (Lipinski definition) is 0. The van der Waals surface area contributed by atoms with Gasteiger partial charge in [0, 0.05) is 0 Å². The van der Waals surface area contributed by atoms with Crippen molar-refractivity contribution in [3.63, 3.8) is 0 Å². The second-order valence-electron chi connectivity index (χ2n) is 0. The molecule has 0 rings (SSSR count). The van der Waals surface area contributed by atoms with Crippen molar-refractivity contribution < 1.29 is 17.0 Å². The maximum atomic E-state index is 0. The minimum atomic E-state index is 0. The summed E-state index contributed by atoms with van der Waals surface area (Å²) in [7, 11) is 0. The second-order valence-corrected chi connectivity index (χ2v) is 0. The number of hydrogen-bond acceptors (Lipinski definition) is 0. The molecule has 0 aliphatic carbocycles. The molecule has 0 nitrogen and oxygen atoms in total. The van der Waals surface area contributed by atoms with E-state index in [4.69, 9.17) is 0 Å². The maximum absolute atomic E-state index is 0. The Morgan fingerprint density at radius 2 is 0.444 bits per heavy atom. The average Bonchev–Trinajstić information content (AvgIpc) is 0. The van der Waals surface area contributed by atoms with Gasteiger partial charge >= 0.3 is 166 Å². The molecular weight excluding hydrogens is 690 g/mol. The van der Waals surface area contributed by atoms with Gasteiger partial charge in [0.25, 0.3) is 0 Å². The Bertz CT molecular complexity index is 15.8. The molecule has 0 spiro atoms. The molecule has 0 atom stereocenters. The third-order valence-electron chi connectivity index (χ3n) is 0. The third kappa shape index (κ3) is 51.0. The Hall–Kier alpha value is 7.23. The monoisotopic (exact) mass is 689 g/mol. The van der Waals surface area contributed by atoms with E-state index in [1.54, 1.807) is 0 Å². The Morgan fingerprint density at radius 1 is 0.444 bits per heavy atom. The molecule has 0 aromatic rings. The van der Waals surface area contributed by atoms with E-state index in [0.29, 0.717) is 0 Å². The van der Waals surface area contributed by atoms with E-state index in [1.165, 1.54) is 0 Å². The van der Waals surface area contributed by atoms with Crippen molar-refractivity contribution in [1.29, 1.82) is 0 Å². The van der Waals surface area contributed by atoms with Crippen molar-refractivity contribution >= 4 is 220 Å². The van der Waals surface area contributed by atoms with Crippen molar-refractivity contribution in [2.45, 2.75) is 0 Å². The van der Waals surface area contributed by atoms with Crippen molar-refractivity contribution in [3.05, 3.63) is 0 Å². The maximum Gasteiger partial charge on any atom is 3.00 e. The molecule has 0 aliphatic heterocycles. The van der Waals surface area contributed by atoms with E-state index in [2.05, 4.69) is 0 Å². The molecule has 0 N–H and O–H groups in total. The SMILES string of the molecule is [Ba+2].[Ba+2].[Ba+2].[Br-].[Ga+3].[S-2].[S-2].[S-2].[S-2]. The second kappa shape index (κ2) is 59.0. The Balaban J connectivity index is 0. The summed E-state index contributed by atoms with van der Waals surface area (Å²) in [5.74, 6) is 0.